The van der Waals surface area contributed by atoms with Crippen LogP contribution in [0.3, 0.4) is 0 Å². The predicted octanol–water partition coefficient (Wildman–Crippen LogP) is 0.425. The molecule has 1 aromatic rings. The van der Waals surface area contributed by atoms with Crippen molar-refractivity contribution < 1.29 is 0 Å². The van der Waals surface area contributed by atoms with E-state index in [9.17, 15) is 0 Å². The van der Waals surface area contributed by atoms with Gasteiger partial charge in [0.05, 0.1) is 24.1 Å². The van der Waals surface area contributed by atoms with Crippen LogP contribution in [0.1, 0.15) is 32.5 Å². The van der Waals surface area contributed by atoms with Gasteiger partial charge in [-0.1, -0.05) is 0 Å². The Morgan fingerprint density at radius 1 is 1.24 bits per heavy atom. The van der Waals surface area contributed by atoms with E-state index in [1.807, 2.05) is 6.20 Å². The molecule has 1 aliphatic heterocycles. The summed E-state index contributed by atoms with van der Waals surface area (Å²) in [5.74, 6) is 0. The fourth-order valence-corrected chi connectivity index (χ4v) is 2.04. The minimum atomic E-state index is 0.0666. The molecule has 94 valence electrons. The highest BCUT2D eigenvalue weighted by atomic mass is 15.2. The van der Waals surface area contributed by atoms with Crippen LogP contribution >= 0.6 is 0 Å². The van der Waals surface area contributed by atoms with Gasteiger partial charge in [0.15, 0.2) is 0 Å². The van der Waals surface area contributed by atoms with Crippen molar-refractivity contribution in [2.75, 3.05) is 13.1 Å². The van der Waals surface area contributed by atoms with Gasteiger partial charge in [-0.2, -0.15) is 0 Å². The number of hydrogen-bond donors (Lipinski definition) is 3. The van der Waals surface area contributed by atoms with Crippen molar-refractivity contribution >= 4 is 0 Å². The lowest BCUT2D eigenvalue weighted by molar-refractivity contribution is 0.227. The molecule has 0 amide bonds. The van der Waals surface area contributed by atoms with E-state index in [-0.39, 0.29) is 17.7 Å². The van der Waals surface area contributed by atoms with Crippen LogP contribution in [0, 0.1) is 0 Å². The first-order chi connectivity index (χ1) is 8.06. The highest BCUT2D eigenvalue weighted by Gasteiger charge is 2.29. The van der Waals surface area contributed by atoms with Gasteiger partial charge in [-0.15, -0.1) is 0 Å². The number of nitrogens with zero attached hydrogens (tertiary/aromatic N) is 2. The summed E-state index contributed by atoms with van der Waals surface area (Å²) in [6.45, 7) is 8.40. The highest BCUT2D eigenvalue weighted by Crippen LogP contribution is 2.16. The summed E-state index contributed by atoms with van der Waals surface area (Å²) in [4.78, 5) is 8.51. The molecule has 2 rings (SSSR count). The first-order valence-corrected chi connectivity index (χ1v) is 6.07. The third kappa shape index (κ3) is 3.46. The molecular weight excluding hydrogens is 214 g/mol. The van der Waals surface area contributed by atoms with Crippen molar-refractivity contribution in [3.05, 3.63) is 24.3 Å². The predicted molar refractivity (Wildman–Crippen MR) is 67.5 cm³/mol. The molecule has 1 saturated heterocycles. The number of nitrogens with one attached hydrogen (secondary N) is 3. The second-order valence-corrected chi connectivity index (χ2v) is 5.39. The largest absolute Gasteiger partial charge is 0.305 e. The molecule has 1 aromatic heterocycles. The van der Waals surface area contributed by atoms with Crippen molar-refractivity contribution in [1.29, 1.82) is 0 Å². The topological polar surface area (TPSA) is 61.9 Å². The highest BCUT2D eigenvalue weighted by molar-refractivity contribution is 5.08. The molecule has 0 aliphatic carbocycles. The quantitative estimate of drug-likeness (QED) is 0.694. The summed E-state index contributed by atoms with van der Waals surface area (Å²) in [7, 11) is 0. The molecule has 1 aliphatic rings. The van der Waals surface area contributed by atoms with E-state index in [1.165, 1.54) is 0 Å². The Bertz CT molecular complexity index is 346. The van der Waals surface area contributed by atoms with Gasteiger partial charge in [-0.25, -0.2) is 0 Å². The van der Waals surface area contributed by atoms with Crippen LogP contribution in [-0.2, 0) is 0 Å². The Kier molecular flexibility index (Phi) is 3.71. The summed E-state index contributed by atoms with van der Waals surface area (Å²) in [6.07, 6.45) is 5.44. The lowest BCUT2D eigenvalue weighted by Crippen LogP contribution is -2.61. The van der Waals surface area contributed by atoms with E-state index in [1.54, 1.807) is 12.4 Å². The van der Waals surface area contributed by atoms with Crippen molar-refractivity contribution in [3.63, 3.8) is 0 Å². The van der Waals surface area contributed by atoms with Crippen LogP contribution in [0.5, 0.6) is 0 Å². The van der Waals surface area contributed by atoms with Gasteiger partial charge < -0.3 is 5.32 Å². The number of aromatic nitrogens is 2. The Morgan fingerprint density at radius 3 is 2.65 bits per heavy atom. The second kappa shape index (κ2) is 5.08. The average Bonchev–Trinajstić information content (AvgIpc) is 2.29. The van der Waals surface area contributed by atoms with Gasteiger partial charge in [-0.05, 0) is 20.8 Å². The van der Waals surface area contributed by atoms with E-state index in [2.05, 4.69) is 46.7 Å². The fraction of sp³-hybridized carbons (Fsp3) is 0.667. The van der Waals surface area contributed by atoms with E-state index in [0.29, 0.717) is 0 Å². The third-order valence-electron chi connectivity index (χ3n) is 2.68. The zero-order valence-electron chi connectivity index (χ0n) is 10.7. The minimum Gasteiger partial charge on any atom is -0.305 e. The Morgan fingerprint density at radius 2 is 2.00 bits per heavy atom. The molecule has 3 N–H and O–H groups in total. The molecule has 5 heteroatoms. The number of hydrogen-bond acceptors (Lipinski definition) is 5. The summed E-state index contributed by atoms with van der Waals surface area (Å²) in [5.41, 5.74) is 1.04. The zero-order chi connectivity index (χ0) is 12.3. The van der Waals surface area contributed by atoms with Crippen LogP contribution in [0.4, 0.5) is 0 Å². The SMILES string of the molecule is CC(C)(C)NC1NCCNC1c1cnccn1. The van der Waals surface area contributed by atoms with E-state index >= 15 is 0 Å². The van der Waals surface area contributed by atoms with E-state index < -0.39 is 0 Å². The van der Waals surface area contributed by atoms with E-state index in [4.69, 9.17) is 0 Å². The summed E-state index contributed by atoms with van der Waals surface area (Å²) in [6, 6.07) is 0.164. The molecule has 17 heavy (non-hydrogen) atoms. The summed E-state index contributed by atoms with van der Waals surface area (Å²) >= 11 is 0. The Balaban J connectivity index is 2.13. The van der Waals surface area contributed by atoms with Crippen molar-refractivity contribution in [3.8, 4) is 0 Å². The maximum absolute atomic E-state index is 4.38. The molecule has 5 nitrogen and oxygen atoms in total. The first kappa shape index (κ1) is 12.4. The molecule has 0 radical (unpaired) electrons. The zero-order valence-corrected chi connectivity index (χ0v) is 10.7. The Labute approximate surface area is 102 Å². The van der Waals surface area contributed by atoms with Crippen LogP contribution in [0.25, 0.3) is 0 Å². The van der Waals surface area contributed by atoms with E-state index in [0.717, 1.165) is 18.8 Å². The van der Waals surface area contributed by atoms with Gasteiger partial charge in [0.25, 0.3) is 0 Å². The second-order valence-electron chi connectivity index (χ2n) is 5.39. The monoisotopic (exact) mass is 235 g/mol. The third-order valence-corrected chi connectivity index (χ3v) is 2.68. The maximum atomic E-state index is 4.38. The summed E-state index contributed by atoms with van der Waals surface area (Å²) < 4.78 is 0. The lowest BCUT2D eigenvalue weighted by Gasteiger charge is -2.38. The molecule has 1 fully saturated rings. The smallest absolute Gasteiger partial charge is 0.0801 e. The molecule has 0 aromatic carbocycles. The van der Waals surface area contributed by atoms with Gasteiger partial charge >= 0.3 is 0 Å². The molecule has 0 bridgehead atoms. The summed E-state index contributed by atoms with van der Waals surface area (Å²) in [5, 5.41) is 10.5. The van der Waals surface area contributed by atoms with Crippen LogP contribution in [-0.4, -0.2) is 34.8 Å². The molecule has 2 unspecified atom stereocenters. The maximum Gasteiger partial charge on any atom is 0.0801 e. The molecule has 0 spiro atoms. The number of rotatable bonds is 2. The van der Waals surface area contributed by atoms with Crippen LogP contribution < -0.4 is 16.0 Å². The fourth-order valence-electron chi connectivity index (χ4n) is 2.04. The lowest BCUT2D eigenvalue weighted by atomic mass is 10.0. The molecule has 0 saturated carbocycles. The van der Waals surface area contributed by atoms with Gasteiger partial charge in [0.2, 0.25) is 0 Å². The first-order valence-electron chi connectivity index (χ1n) is 6.07. The Hall–Kier alpha value is -1.04. The van der Waals surface area contributed by atoms with Gasteiger partial charge in [0, 0.05) is 31.0 Å². The molecular formula is C12H21N5. The van der Waals surface area contributed by atoms with Gasteiger partial charge in [0.1, 0.15) is 0 Å². The van der Waals surface area contributed by atoms with Crippen molar-refractivity contribution in [2.45, 2.75) is 38.5 Å². The average molecular weight is 235 g/mol. The molecule has 2 atom stereocenters. The standard InChI is InChI=1S/C12H21N5/c1-12(2,3)17-11-10(15-6-7-16-11)9-8-13-4-5-14-9/h4-5,8,10-11,15-17H,6-7H2,1-3H3. The number of piperazine rings is 1. The van der Waals surface area contributed by atoms with Crippen molar-refractivity contribution in [1.82, 2.24) is 25.9 Å². The van der Waals surface area contributed by atoms with Crippen molar-refractivity contribution in [2.24, 2.45) is 0 Å². The van der Waals surface area contributed by atoms with Crippen LogP contribution in [0.2, 0.25) is 0 Å². The van der Waals surface area contributed by atoms with Crippen LogP contribution in [0.15, 0.2) is 18.6 Å². The normalized spacial score (nSPS) is 25.8. The van der Waals surface area contributed by atoms with Gasteiger partial charge in [-0.3, -0.25) is 20.6 Å². The molecule has 2 heterocycles. The minimum absolute atomic E-state index is 0.0666.